The van der Waals surface area contributed by atoms with Crippen molar-refractivity contribution in [1.82, 2.24) is 5.32 Å². The highest BCUT2D eigenvalue weighted by molar-refractivity contribution is 5.91. The molecule has 0 saturated heterocycles. The van der Waals surface area contributed by atoms with Gasteiger partial charge in [0, 0.05) is 18.5 Å². The lowest BCUT2D eigenvalue weighted by Crippen LogP contribution is -2.23. The van der Waals surface area contributed by atoms with Crippen LogP contribution in [0.1, 0.15) is 29.0 Å². The van der Waals surface area contributed by atoms with Gasteiger partial charge in [-0.25, -0.2) is 0 Å². The van der Waals surface area contributed by atoms with E-state index in [-0.39, 0.29) is 18.4 Å². The number of ether oxygens (including phenoxy) is 2. The molecule has 0 saturated carbocycles. The van der Waals surface area contributed by atoms with Gasteiger partial charge in [0.25, 0.3) is 0 Å². The number of methoxy groups -OCH3 is 1. The van der Waals surface area contributed by atoms with E-state index in [0.29, 0.717) is 18.0 Å². The molecule has 3 rings (SSSR count). The van der Waals surface area contributed by atoms with Crippen molar-refractivity contribution in [2.24, 2.45) is 0 Å². The van der Waals surface area contributed by atoms with Gasteiger partial charge in [0.1, 0.15) is 6.07 Å². The molecule has 0 bridgehead atoms. The zero-order valence-corrected chi connectivity index (χ0v) is 18.0. The number of carbonyl (C=O) groups is 1. The highest BCUT2D eigenvalue weighted by Gasteiger charge is 2.13. The van der Waals surface area contributed by atoms with Gasteiger partial charge < -0.3 is 14.8 Å². The summed E-state index contributed by atoms with van der Waals surface area (Å²) in [5.41, 5.74) is 3.26. The number of hydrogen-bond acceptors (Lipinski definition) is 4. The standard InChI is InChI=1S/C27H26N2O3/c1-31-26-20-21(12-14-25(26)32-19-17-28)13-15-27(30)29-18-16-24(22-8-4-2-5-9-22)23-10-6-3-7-11-23/h2-15,20,24H,16,18-19H2,1H3,(H,29,30)/b15-13+. The van der Waals surface area contributed by atoms with Crippen molar-refractivity contribution in [2.45, 2.75) is 12.3 Å². The molecule has 0 aliphatic carbocycles. The SMILES string of the molecule is COc1cc(/C=C/C(=O)NCCC(c2ccccc2)c2ccccc2)ccc1OCC#N. The minimum absolute atomic E-state index is 0.0547. The Hall–Kier alpha value is -4.04. The van der Waals surface area contributed by atoms with E-state index in [1.165, 1.54) is 24.3 Å². The quantitative estimate of drug-likeness (QED) is 0.466. The largest absolute Gasteiger partial charge is 0.493 e. The highest BCUT2D eigenvalue weighted by Crippen LogP contribution is 2.29. The highest BCUT2D eigenvalue weighted by atomic mass is 16.5. The Morgan fingerprint density at radius 2 is 1.66 bits per heavy atom. The van der Waals surface area contributed by atoms with Crippen LogP contribution in [0.25, 0.3) is 6.08 Å². The zero-order valence-electron chi connectivity index (χ0n) is 18.0. The zero-order chi connectivity index (χ0) is 22.6. The maximum absolute atomic E-state index is 12.3. The minimum Gasteiger partial charge on any atom is -0.493 e. The van der Waals surface area contributed by atoms with Crippen LogP contribution in [-0.2, 0) is 4.79 Å². The summed E-state index contributed by atoms with van der Waals surface area (Å²) in [6.45, 7) is 0.503. The molecule has 5 nitrogen and oxygen atoms in total. The fourth-order valence-corrected chi connectivity index (χ4v) is 3.48. The lowest BCUT2D eigenvalue weighted by Gasteiger charge is -2.18. The summed E-state index contributed by atoms with van der Waals surface area (Å²) < 4.78 is 10.6. The van der Waals surface area contributed by atoms with Gasteiger partial charge in [-0.05, 0) is 41.3 Å². The lowest BCUT2D eigenvalue weighted by molar-refractivity contribution is -0.116. The van der Waals surface area contributed by atoms with E-state index in [4.69, 9.17) is 14.7 Å². The number of carbonyl (C=O) groups excluding carboxylic acids is 1. The molecule has 0 heterocycles. The topological polar surface area (TPSA) is 71.3 Å². The van der Waals surface area contributed by atoms with Crippen molar-refractivity contribution in [3.63, 3.8) is 0 Å². The van der Waals surface area contributed by atoms with Gasteiger partial charge in [0.2, 0.25) is 5.91 Å². The molecule has 0 atom stereocenters. The number of benzene rings is 3. The van der Waals surface area contributed by atoms with Gasteiger partial charge in [-0.2, -0.15) is 5.26 Å². The number of nitrogens with zero attached hydrogens (tertiary/aromatic N) is 1. The maximum atomic E-state index is 12.3. The molecule has 0 radical (unpaired) electrons. The Balaban J connectivity index is 1.59. The van der Waals surface area contributed by atoms with E-state index in [1.807, 2.05) is 42.5 Å². The second-order valence-corrected chi connectivity index (χ2v) is 7.14. The number of nitrogens with one attached hydrogen (secondary N) is 1. The Kier molecular flexibility index (Phi) is 8.47. The fourth-order valence-electron chi connectivity index (χ4n) is 3.48. The Bertz CT molecular complexity index is 1030. The first-order valence-electron chi connectivity index (χ1n) is 10.4. The number of nitriles is 1. The van der Waals surface area contributed by atoms with Crippen LogP contribution in [0.15, 0.2) is 84.9 Å². The van der Waals surface area contributed by atoms with Crippen LogP contribution in [0.3, 0.4) is 0 Å². The van der Waals surface area contributed by atoms with E-state index >= 15 is 0 Å². The van der Waals surface area contributed by atoms with Crippen molar-refractivity contribution in [2.75, 3.05) is 20.3 Å². The minimum atomic E-state index is -0.159. The molecule has 5 heteroatoms. The van der Waals surface area contributed by atoms with Gasteiger partial charge in [-0.1, -0.05) is 66.7 Å². The molecule has 32 heavy (non-hydrogen) atoms. The van der Waals surface area contributed by atoms with Crippen molar-refractivity contribution in [1.29, 1.82) is 5.26 Å². The van der Waals surface area contributed by atoms with E-state index in [9.17, 15) is 4.79 Å². The molecule has 3 aromatic rings. The molecule has 0 fully saturated rings. The summed E-state index contributed by atoms with van der Waals surface area (Å²) in [6, 6.07) is 27.9. The van der Waals surface area contributed by atoms with Crippen molar-refractivity contribution in [3.8, 4) is 17.6 Å². The van der Waals surface area contributed by atoms with Gasteiger partial charge in [0.15, 0.2) is 18.1 Å². The van der Waals surface area contributed by atoms with Gasteiger partial charge in [-0.3, -0.25) is 4.79 Å². The van der Waals surface area contributed by atoms with Crippen LogP contribution < -0.4 is 14.8 Å². The monoisotopic (exact) mass is 426 g/mol. The van der Waals surface area contributed by atoms with Crippen LogP contribution >= 0.6 is 0 Å². The number of hydrogen-bond donors (Lipinski definition) is 1. The fraction of sp³-hybridized carbons (Fsp3) is 0.185. The first-order valence-corrected chi connectivity index (χ1v) is 10.4. The van der Waals surface area contributed by atoms with E-state index in [1.54, 1.807) is 24.3 Å². The summed E-state index contributed by atoms with van der Waals surface area (Å²) >= 11 is 0. The van der Waals surface area contributed by atoms with E-state index < -0.39 is 0 Å². The summed E-state index contributed by atoms with van der Waals surface area (Å²) in [5.74, 6) is 1.06. The van der Waals surface area contributed by atoms with Crippen molar-refractivity contribution < 1.29 is 14.3 Å². The molecule has 0 aliphatic rings. The Morgan fingerprint density at radius 1 is 1.00 bits per heavy atom. The molecule has 162 valence electrons. The predicted molar refractivity (Wildman–Crippen MR) is 125 cm³/mol. The summed E-state index contributed by atoms with van der Waals surface area (Å²) in [4.78, 5) is 12.3. The number of amides is 1. The van der Waals surface area contributed by atoms with Crippen molar-refractivity contribution >= 4 is 12.0 Å². The molecule has 0 unspecified atom stereocenters. The van der Waals surface area contributed by atoms with E-state index in [2.05, 4.69) is 29.6 Å². The molecule has 0 aliphatic heterocycles. The number of rotatable bonds is 10. The third-order valence-electron chi connectivity index (χ3n) is 5.04. The molecular formula is C27H26N2O3. The lowest BCUT2D eigenvalue weighted by atomic mass is 9.88. The normalized spacial score (nSPS) is 10.7. The average molecular weight is 427 g/mol. The van der Waals surface area contributed by atoms with Crippen LogP contribution in [0.2, 0.25) is 0 Å². The first kappa shape index (κ1) is 22.6. The van der Waals surface area contributed by atoms with Gasteiger partial charge >= 0.3 is 0 Å². The molecule has 3 aromatic carbocycles. The van der Waals surface area contributed by atoms with Crippen LogP contribution in [0.5, 0.6) is 11.5 Å². The average Bonchev–Trinajstić information content (AvgIpc) is 2.85. The maximum Gasteiger partial charge on any atom is 0.243 e. The third kappa shape index (κ3) is 6.48. The second kappa shape index (κ2) is 12.0. The van der Waals surface area contributed by atoms with Gasteiger partial charge in [-0.15, -0.1) is 0 Å². The molecular weight excluding hydrogens is 400 g/mol. The van der Waals surface area contributed by atoms with Gasteiger partial charge in [0.05, 0.1) is 7.11 Å². The second-order valence-electron chi connectivity index (χ2n) is 7.14. The molecule has 0 spiro atoms. The summed E-state index contributed by atoms with van der Waals surface area (Å²) in [5, 5.41) is 11.6. The van der Waals surface area contributed by atoms with Crippen LogP contribution in [-0.4, -0.2) is 26.2 Å². The molecule has 1 amide bonds. The van der Waals surface area contributed by atoms with E-state index in [0.717, 1.165) is 12.0 Å². The van der Waals surface area contributed by atoms with Crippen LogP contribution in [0, 0.1) is 11.3 Å². The smallest absolute Gasteiger partial charge is 0.243 e. The Labute approximate surface area is 188 Å². The molecule has 0 aromatic heterocycles. The predicted octanol–water partition coefficient (Wildman–Crippen LogP) is 4.95. The Morgan fingerprint density at radius 3 is 2.25 bits per heavy atom. The molecule has 1 N–H and O–H groups in total. The summed E-state index contributed by atoms with van der Waals surface area (Å²) in [6.07, 6.45) is 4.02. The van der Waals surface area contributed by atoms with Crippen molar-refractivity contribution in [3.05, 3.63) is 102 Å². The summed E-state index contributed by atoms with van der Waals surface area (Å²) in [7, 11) is 1.53. The first-order chi connectivity index (χ1) is 15.7. The van der Waals surface area contributed by atoms with Crippen LogP contribution in [0.4, 0.5) is 0 Å². The third-order valence-corrected chi connectivity index (χ3v) is 5.04.